The molecule has 0 radical (unpaired) electrons. The van der Waals surface area contributed by atoms with Gasteiger partial charge in [-0.2, -0.15) is 0 Å². The second-order valence-corrected chi connectivity index (χ2v) is 4.43. The van der Waals surface area contributed by atoms with Gasteiger partial charge in [-0.3, -0.25) is 4.79 Å². The normalized spacial score (nSPS) is 20.2. The summed E-state index contributed by atoms with van der Waals surface area (Å²) in [6, 6.07) is 5.64. The van der Waals surface area contributed by atoms with Gasteiger partial charge in [-0.15, -0.1) is 0 Å². The van der Waals surface area contributed by atoms with Crippen molar-refractivity contribution in [2.75, 3.05) is 12.7 Å². The van der Waals surface area contributed by atoms with Gasteiger partial charge in [0, 0.05) is 0 Å². The molecular formula is C11H9NO3S. The summed E-state index contributed by atoms with van der Waals surface area (Å²) in [4.78, 5) is 12.1. The molecule has 2 aliphatic rings. The van der Waals surface area contributed by atoms with Crippen LogP contribution in [0.4, 0.5) is 0 Å². The van der Waals surface area contributed by atoms with E-state index < -0.39 is 0 Å². The smallest absolute Gasteiger partial charge is 0.258 e. The first kappa shape index (κ1) is 9.59. The standard InChI is InChI=1S/C11H9NO3S/c13-11-10(16-5-12-11)4-7-1-2-8-9(3-7)15-6-14-8/h1-4H,5-6H2,(H,12,13). The first-order valence-corrected chi connectivity index (χ1v) is 5.84. The van der Waals surface area contributed by atoms with E-state index in [9.17, 15) is 4.79 Å². The number of fused-ring (bicyclic) bond motifs is 1. The Bertz CT molecular complexity index is 484. The Morgan fingerprint density at radius 1 is 1.31 bits per heavy atom. The van der Waals surface area contributed by atoms with Crippen molar-refractivity contribution in [2.45, 2.75) is 0 Å². The zero-order valence-corrected chi connectivity index (χ0v) is 9.17. The molecule has 1 N–H and O–H groups in total. The molecule has 4 nitrogen and oxygen atoms in total. The van der Waals surface area contributed by atoms with Gasteiger partial charge in [0.25, 0.3) is 5.91 Å². The molecule has 0 spiro atoms. The van der Waals surface area contributed by atoms with Gasteiger partial charge in [-0.05, 0) is 23.8 Å². The highest BCUT2D eigenvalue weighted by Gasteiger charge is 2.18. The zero-order valence-electron chi connectivity index (χ0n) is 8.36. The fourth-order valence-electron chi connectivity index (χ4n) is 1.59. The molecule has 0 atom stereocenters. The Balaban J connectivity index is 1.93. The van der Waals surface area contributed by atoms with Crippen LogP contribution in [-0.2, 0) is 4.79 Å². The highest BCUT2D eigenvalue weighted by atomic mass is 32.2. The molecule has 0 bridgehead atoms. The van der Waals surface area contributed by atoms with Crippen LogP contribution in [0.5, 0.6) is 11.5 Å². The quantitative estimate of drug-likeness (QED) is 0.751. The van der Waals surface area contributed by atoms with Crippen LogP contribution in [0.25, 0.3) is 6.08 Å². The summed E-state index contributed by atoms with van der Waals surface area (Å²) in [5.41, 5.74) is 0.948. The minimum Gasteiger partial charge on any atom is -0.454 e. The second-order valence-electron chi connectivity index (χ2n) is 3.42. The Morgan fingerprint density at radius 2 is 2.19 bits per heavy atom. The fraction of sp³-hybridized carbons (Fsp3) is 0.182. The summed E-state index contributed by atoms with van der Waals surface area (Å²) in [5, 5.41) is 2.74. The number of thioether (sulfide) groups is 1. The molecule has 1 amide bonds. The molecule has 1 aromatic carbocycles. The summed E-state index contributed by atoms with van der Waals surface area (Å²) in [6.07, 6.45) is 1.86. The van der Waals surface area contributed by atoms with Crippen LogP contribution < -0.4 is 14.8 Å². The number of hydrogen-bond donors (Lipinski definition) is 1. The molecule has 5 heteroatoms. The molecule has 0 unspecified atom stereocenters. The van der Waals surface area contributed by atoms with Crippen LogP contribution in [0.1, 0.15) is 5.56 Å². The van der Waals surface area contributed by atoms with Crippen LogP contribution in [0, 0.1) is 0 Å². The van der Waals surface area contributed by atoms with E-state index in [1.54, 1.807) is 0 Å². The minimum absolute atomic E-state index is 0.0114. The number of nitrogens with one attached hydrogen (secondary N) is 1. The Morgan fingerprint density at radius 3 is 3.00 bits per heavy atom. The van der Waals surface area contributed by atoms with E-state index in [0.717, 1.165) is 22.0 Å². The molecule has 1 aromatic rings. The molecule has 82 valence electrons. The van der Waals surface area contributed by atoms with Gasteiger partial charge >= 0.3 is 0 Å². The minimum atomic E-state index is -0.0114. The molecule has 1 fully saturated rings. The average molecular weight is 235 g/mol. The maximum atomic E-state index is 11.4. The van der Waals surface area contributed by atoms with Crippen molar-refractivity contribution in [1.82, 2.24) is 5.32 Å². The topological polar surface area (TPSA) is 47.6 Å². The van der Waals surface area contributed by atoms with E-state index in [4.69, 9.17) is 9.47 Å². The largest absolute Gasteiger partial charge is 0.454 e. The van der Waals surface area contributed by atoms with Gasteiger partial charge in [0.05, 0.1) is 10.8 Å². The van der Waals surface area contributed by atoms with Gasteiger partial charge in [-0.1, -0.05) is 17.8 Å². The van der Waals surface area contributed by atoms with Crippen LogP contribution in [-0.4, -0.2) is 18.6 Å². The molecular weight excluding hydrogens is 226 g/mol. The van der Waals surface area contributed by atoms with Gasteiger partial charge in [0.15, 0.2) is 11.5 Å². The molecule has 2 aliphatic heterocycles. The molecule has 16 heavy (non-hydrogen) atoms. The SMILES string of the molecule is O=C1NCSC1=Cc1ccc2c(c1)OCO2. The first-order valence-electron chi connectivity index (χ1n) is 4.85. The van der Waals surface area contributed by atoms with Gasteiger partial charge in [0.2, 0.25) is 6.79 Å². The Kier molecular flexibility index (Phi) is 2.25. The van der Waals surface area contributed by atoms with Crippen molar-refractivity contribution in [3.8, 4) is 11.5 Å². The first-order chi connectivity index (χ1) is 7.83. The van der Waals surface area contributed by atoms with Crippen molar-refractivity contribution < 1.29 is 14.3 Å². The highest BCUT2D eigenvalue weighted by Crippen LogP contribution is 2.34. The number of hydrogen-bond acceptors (Lipinski definition) is 4. The van der Waals surface area contributed by atoms with Crippen molar-refractivity contribution in [1.29, 1.82) is 0 Å². The number of ether oxygens (including phenoxy) is 2. The predicted molar refractivity (Wildman–Crippen MR) is 61.1 cm³/mol. The molecule has 1 saturated heterocycles. The predicted octanol–water partition coefficient (Wildman–Crippen LogP) is 1.58. The van der Waals surface area contributed by atoms with Crippen LogP contribution in [0.3, 0.4) is 0 Å². The summed E-state index contributed by atoms with van der Waals surface area (Å²) in [7, 11) is 0. The monoisotopic (exact) mass is 235 g/mol. The van der Waals surface area contributed by atoms with Gasteiger partial charge in [0.1, 0.15) is 0 Å². The van der Waals surface area contributed by atoms with E-state index in [0.29, 0.717) is 5.88 Å². The van der Waals surface area contributed by atoms with Gasteiger partial charge < -0.3 is 14.8 Å². The third kappa shape index (κ3) is 1.63. The summed E-state index contributed by atoms with van der Waals surface area (Å²) in [6.45, 7) is 0.268. The lowest BCUT2D eigenvalue weighted by Crippen LogP contribution is -2.13. The van der Waals surface area contributed by atoms with E-state index in [1.807, 2.05) is 24.3 Å². The summed E-state index contributed by atoms with van der Waals surface area (Å²) < 4.78 is 10.5. The van der Waals surface area contributed by atoms with E-state index in [-0.39, 0.29) is 12.7 Å². The third-order valence-corrected chi connectivity index (χ3v) is 3.28. The fourth-order valence-corrected chi connectivity index (χ4v) is 2.37. The lowest BCUT2D eigenvalue weighted by atomic mass is 10.2. The second kappa shape index (κ2) is 3.75. The Hall–Kier alpha value is -1.62. The van der Waals surface area contributed by atoms with Crippen molar-refractivity contribution in [2.24, 2.45) is 0 Å². The molecule has 0 aliphatic carbocycles. The van der Waals surface area contributed by atoms with Crippen molar-refractivity contribution >= 4 is 23.7 Å². The summed E-state index contributed by atoms with van der Waals surface area (Å²) in [5.74, 6) is 2.13. The lowest BCUT2D eigenvalue weighted by Gasteiger charge is -1.98. The van der Waals surface area contributed by atoms with Crippen LogP contribution in [0.15, 0.2) is 23.1 Å². The molecule has 2 heterocycles. The zero-order chi connectivity index (χ0) is 11.0. The Labute approximate surface area is 96.6 Å². The van der Waals surface area contributed by atoms with Crippen molar-refractivity contribution in [3.63, 3.8) is 0 Å². The van der Waals surface area contributed by atoms with Gasteiger partial charge in [-0.25, -0.2) is 0 Å². The third-order valence-electron chi connectivity index (χ3n) is 2.38. The number of amides is 1. The van der Waals surface area contributed by atoms with Crippen LogP contribution in [0.2, 0.25) is 0 Å². The highest BCUT2D eigenvalue weighted by molar-refractivity contribution is 8.04. The van der Waals surface area contributed by atoms with E-state index >= 15 is 0 Å². The molecule has 3 rings (SSSR count). The van der Waals surface area contributed by atoms with E-state index in [2.05, 4.69) is 5.32 Å². The average Bonchev–Trinajstić information content (AvgIpc) is 2.88. The maximum Gasteiger partial charge on any atom is 0.258 e. The lowest BCUT2D eigenvalue weighted by molar-refractivity contribution is -0.116. The summed E-state index contributed by atoms with van der Waals surface area (Å²) >= 11 is 1.51. The molecule has 0 saturated carbocycles. The van der Waals surface area contributed by atoms with Crippen LogP contribution >= 0.6 is 11.8 Å². The molecule has 0 aromatic heterocycles. The number of carbonyl (C=O) groups excluding carboxylic acids is 1. The number of carbonyl (C=O) groups is 1. The number of benzene rings is 1. The number of rotatable bonds is 1. The maximum absolute atomic E-state index is 11.4. The van der Waals surface area contributed by atoms with E-state index in [1.165, 1.54) is 11.8 Å². The van der Waals surface area contributed by atoms with Crippen molar-refractivity contribution in [3.05, 3.63) is 28.7 Å².